The maximum atomic E-state index is 11.9. The third-order valence-corrected chi connectivity index (χ3v) is 7.62. The molecular weight excluding hydrogens is 488 g/mol. The van der Waals surface area contributed by atoms with Crippen LogP contribution in [0.1, 0.15) is 28.4 Å². The zero-order valence-electron chi connectivity index (χ0n) is 20.0. The molecule has 3 aromatic carbocycles. The van der Waals surface area contributed by atoms with Crippen molar-refractivity contribution in [3.63, 3.8) is 0 Å². The first-order chi connectivity index (χ1) is 18.1. The number of hydrogen-bond donors (Lipinski definition) is 2. The summed E-state index contributed by atoms with van der Waals surface area (Å²) in [6, 6.07) is 22.7. The van der Waals surface area contributed by atoms with Crippen LogP contribution in [0.5, 0.6) is 5.75 Å². The Morgan fingerprint density at radius 3 is 2.76 bits per heavy atom. The number of quaternary nitrogens is 1. The third-order valence-electron chi connectivity index (χ3n) is 6.75. The van der Waals surface area contributed by atoms with Crippen molar-refractivity contribution in [3.8, 4) is 17.2 Å². The highest BCUT2D eigenvalue weighted by molar-refractivity contribution is 7.98. The number of H-pyrrole nitrogens is 1. The van der Waals surface area contributed by atoms with Crippen molar-refractivity contribution >= 4 is 28.6 Å². The Morgan fingerprint density at radius 1 is 1.14 bits per heavy atom. The number of carboxylic acid groups (broad SMARTS) is 1. The minimum absolute atomic E-state index is 0.221. The number of methoxy groups -OCH3 is 1. The molecule has 3 heterocycles. The van der Waals surface area contributed by atoms with E-state index in [-0.39, 0.29) is 6.04 Å². The SMILES string of the molecule is COc1ccc([C@@H]2[NH2+][C@H](C(=O)[O-])Cc3c2[nH]c2ccccc32)cc1CSc1nnc(-c2ccccc2)o1. The van der Waals surface area contributed by atoms with E-state index >= 15 is 0 Å². The molecule has 0 radical (unpaired) electrons. The van der Waals surface area contributed by atoms with Crippen molar-refractivity contribution < 1.29 is 24.4 Å². The van der Waals surface area contributed by atoms with Gasteiger partial charge in [-0.05, 0) is 42.0 Å². The Hall–Kier alpha value is -4.08. The number of nitrogens with two attached hydrogens (primary N) is 1. The summed E-state index contributed by atoms with van der Waals surface area (Å²) in [4.78, 5) is 15.5. The number of benzene rings is 3. The summed E-state index contributed by atoms with van der Waals surface area (Å²) in [5.74, 6) is 0.697. The van der Waals surface area contributed by atoms with Gasteiger partial charge < -0.3 is 29.4 Å². The summed E-state index contributed by atoms with van der Waals surface area (Å²) in [6.07, 6.45) is 0.415. The summed E-state index contributed by atoms with van der Waals surface area (Å²) >= 11 is 1.43. The van der Waals surface area contributed by atoms with Gasteiger partial charge in [-0.3, -0.25) is 0 Å². The summed E-state index contributed by atoms with van der Waals surface area (Å²) in [7, 11) is 1.64. The molecule has 0 saturated carbocycles. The molecule has 9 heteroatoms. The highest BCUT2D eigenvalue weighted by Crippen LogP contribution is 2.35. The van der Waals surface area contributed by atoms with E-state index in [0.717, 1.165) is 44.6 Å². The number of carbonyl (C=O) groups excluding carboxylic acids is 1. The normalized spacial score (nSPS) is 17.0. The van der Waals surface area contributed by atoms with Gasteiger partial charge in [0.1, 0.15) is 11.8 Å². The molecule has 2 atom stereocenters. The van der Waals surface area contributed by atoms with Crippen LogP contribution in [0.15, 0.2) is 82.4 Å². The molecule has 6 rings (SSSR count). The maximum Gasteiger partial charge on any atom is 0.277 e. The van der Waals surface area contributed by atoms with E-state index in [1.807, 2.05) is 72.0 Å². The zero-order valence-corrected chi connectivity index (χ0v) is 20.8. The summed E-state index contributed by atoms with van der Waals surface area (Å²) in [6.45, 7) is 0. The number of aromatic amines is 1. The summed E-state index contributed by atoms with van der Waals surface area (Å²) < 4.78 is 11.5. The number of carboxylic acids is 1. The van der Waals surface area contributed by atoms with Gasteiger partial charge in [-0.1, -0.05) is 48.2 Å². The summed E-state index contributed by atoms with van der Waals surface area (Å²) in [5.41, 5.74) is 5.85. The molecule has 186 valence electrons. The molecule has 8 nitrogen and oxygen atoms in total. The Kier molecular flexibility index (Phi) is 6.15. The number of hydrogen-bond acceptors (Lipinski definition) is 7. The predicted octanol–water partition coefficient (Wildman–Crippen LogP) is 2.85. The van der Waals surface area contributed by atoms with Crippen LogP contribution in [-0.4, -0.2) is 34.3 Å². The average molecular weight is 513 g/mol. The molecule has 1 aliphatic rings. The van der Waals surface area contributed by atoms with Crippen molar-refractivity contribution in [1.29, 1.82) is 0 Å². The van der Waals surface area contributed by atoms with Crippen molar-refractivity contribution in [1.82, 2.24) is 15.2 Å². The second-order valence-electron chi connectivity index (χ2n) is 8.96. The van der Waals surface area contributed by atoms with Crippen molar-refractivity contribution in [2.24, 2.45) is 0 Å². The van der Waals surface area contributed by atoms with Gasteiger partial charge in [-0.15, -0.1) is 10.2 Å². The lowest BCUT2D eigenvalue weighted by atomic mass is 9.90. The molecule has 0 aliphatic carbocycles. The minimum atomic E-state index is -1.06. The van der Waals surface area contributed by atoms with E-state index in [1.54, 1.807) is 7.11 Å². The van der Waals surface area contributed by atoms with Crippen LogP contribution in [0.25, 0.3) is 22.4 Å². The van der Waals surface area contributed by atoms with E-state index < -0.39 is 12.0 Å². The summed E-state index contributed by atoms with van der Waals surface area (Å²) in [5, 5.41) is 23.7. The molecule has 0 amide bonds. The lowest BCUT2D eigenvalue weighted by molar-refractivity contribution is -0.717. The Bertz CT molecular complexity index is 1580. The number of nitrogens with zero attached hydrogens (tertiary/aromatic N) is 2. The lowest BCUT2D eigenvalue weighted by Gasteiger charge is -2.29. The van der Waals surface area contributed by atoms with E-state index in [1.165, 1.54) is 11.8 Å². The molecule has 0 bridgehead atoms. The number of carbonyl (C=O) groups is 1. The van der Waals surface area contributed by atoms with E-state index in [0.29, 0.717) is 23.3 Å². The Labute approximate surface area is 217 Å². The average Bonchev–Trinajstić information content (AvgIpc) is 3.56. The van der Waals surface area contributed by atoms with Crippen LogP contribution < -0.4 is 15.2 Å². The van der Waals surface area contributed by atoms with Gasteiger partial charge in [0.05, 0.1) is 18.8 Å². The molecule has 0 spiro atoms. The molecular formula is C28H24N4O4S. The topological polar surface area (TPSA) is 121 Å². The Balaban J connectivity index is 1.31. The molecule has 2 aromatic heterocycles. The number of para-hydroxylation sites is 1. The van der Waals surface area contributed by atoms with E-state index in [9.17, 15) is 9.90 Å². The first-order valence-electron chi connectivity index (χ1n) is 11.9. The molecule has 5 aromatic rings. The Morgan fingerprint density at radius 2 is 1.95 bits per heavy atom. The van der Waals surface area contributed by atoms with Gasteiger partial charge in [0, 0.05) is 39.8 Å². The molecule has 3 N–H and O–H groups in total. The minimum Gasteiger partial charge on any atom is -0.544 e. The quantitative estimate of drug-likeness (QED) is 0.322. The van der Waals surface area contributed by atoms with Gasteiger partial charge in [0.15, 0.2) is 6.04 Å². The number of nitrogens with one attached hydrogen (secondary N) is 1. The monoisotopic (exact) mass is 512 g/mol. The van der Waals surface area contributed by atoms with Gasteiger partial charge in [-0.25, -0.2) is 0 Å². The second kappa shape index (κ2) is 9.76. The largest absolute Gasteiger partial charge is 0.544 e. The van der Waals surface area contributed by atoms with Crippen LogP contribution >= 0.6 is 11.8 Å². The van der Waals surface area contributed by atoms with Crippen LogP contribution in [-0.2, 0) is 17.0 Å². The van der Waals surface area contributed by atoms with Crippen LogP contribution in [0.3, 0.4) is 0 Å². The highest BCUT2D eigenvalue weighted by Gasteiger charge is 2.35. The number of fused-ring (bicyclic) bond motifs is 3. The number of aliphatic carboxylic acids is 1. The second-order valence-corrected chi connectivity index (χ2v) is 9.89. The van der Waals surface area contributed by atoms with Crippen LogP contribution in [0, 0.1) is 0 Å². The smallest absolute Gasteiger partial charge is 0.277 e. The standard InChI is InChI=1S/C28H24N4O4S/c1-35-23-12-11-17(13-18(23)15-37-28-32-31-26(36-28)16-7-3-2-4-8-16)24-25-20(14-22(30-24)27(33)34)19-9-5-6-10-21(19)29-25/h2-13,22,24,29-30H,14-15H2,1H3,(H,33,34)/t22-,24-/m0/s1. The zero-order chi connectivity index (χ0) is 25.4. The van der Waals surface area contributed by atoms with Crippen molar-refractivity contribution in [3.05, 3.63) is 95.2 Å². The predicted molar refractivity (Wildman–Crippen MR) is 137 cm³/mol. The fourth-order valence-electron chi connectivity index (χ4n) is 4.97. The fraction of sp³-hybridized carbons (Fsp3) is 0.179. The number of thioether (sulfide) groups is 1. The van der Waals surface area contributed by atoms with Crippen LogP contribution in [0.2, 0.25) is 0 Å². The number of aromatic nitrogens is 3. The van der Waals surface area contributed by atoms with Crippen LogP contribution in [0.4, 0.5) is 0 Å². The van der Waals surface area contributed by atoms with E-state index in [2.05, 4.69) is 21.2 Å². The number of rotatable bonds is 7. The van der Waals surface area contributed by atoms with Gasteiger partial charge >= 0.3 is 0 Å². The maximum absolute atomic E-state index is 11.9. The van der Waals surface area contributed by atoms with Gasteiger partial charge in [0.2, 0.25) is 5.89 Å². The first kappa shape index (κ1) is 23.3. The van der Waals surface area contributed by atoms with Crippen molar-refractivity contribution in [2.45, 2.75) is 29.5 Å². The first-order valence-corrected chi connectivity index (χ1v) is 12.9. The van der Waals surface area contributed by atoms with E-state index in [4.69, 9.17) is 9.15 Å². The van der Waals surface area contributed by atoms with Gasteiger partial charge in [-0.2, -0.15) is 0 Å². The lowest BCUT2D eigenvalue weighted by Crippen LogP contribution is -2.95. The van der Waals surface area contributed by atoms with Crippen molar-refractivity contribution in [2.75, 3.05) is 7.11 Å². The fourth-order valence-corrected chi connectivity index (χ4v) is 5.71. The third kappa shape index (κ3) is 4.47. The molecule has 1 aliphatic heterocycles. The molecule has 37 heavy (non-hydrogen) atoms. The highest BCUT2D eigenvalue weighted by atomic mass is 32.2. The molecule has 0 fully saturated rings. The molecule has 0 unspecified atom stereocenters. The molecule has 0 saturated heterocycles. The van der Waals surface area contributed by atoms with Gasteiger partial charge in [0.25, 0.3) is 5.22 Å². The number of ether oxygens (including phenoxy) is 1.